The maximum absolute atomic E-state index is 11.5. The van der Waals surface area contributed by atoms with Crippen LogP contribution in [-0.4, -0.2) is 96.7 Å². The predicted octanol–water partition coefficient (Wildman–Crippen LogP) is 14.6. The molecule has 0 amide bonds. The number of carbonyl (C=O) groups excluding carboxylic acids is 3. The first-order chi connectivity index (χ1) is 36.9. The zero-order valence-electron chi connectivity index (χ0n) is 46.0. The Balaban J connectivity index is 1.22. The lowest BCUT2D eigenvalue weighted by Crippen LogP contribution is -2.26. The average molecular weight is 1040 g/mol. The van der Waals surface area contributed by atoms with E-state index >= 15 is 0 Å². The molecule has 3 aromatic rings. The molecule has 0 fully saturated rings. The first-order valence-electron chi connectivity index (χ1n) is 28.4. The summed E-state index contributed by atoms with van der Waals surface area (Å²) in [6, 6.07) is 23.3. The average Bonchev–Trinajstić information content (AvgIpc) is 3.42. The molecular weight excluding hydrogens is 949 g/mol. The van der Waals surface area contributed by atoms with Crippen LogP contribution in [0.25, 0.3) is 18.2 Å². The second-order valence-corrected chi connectivity index (χ2v) is 18.6. The Labute approximate surface area is 450 Å². The summed E-state index contributed by atoms with van der Waals surface area (Å²) in [5.74, 6) is 1.52. The van der Waals surface area contributed by atoms with Crippen molar-refractivity contribution in [3.63, 3.8) is 0 Å². The van der Waals surface area contributed by atoms with E-state index in [4.69, 9.17) is 42.6 Å². The van der Waals surface area contributed by atoms with Gasteiger partial charge in [0.05, 0.1) is 52.9 Å². The summed E-state index contributed by atoms with van der Waals surface area (Å²) in [6.45, 7) is 11.9. The molecule has 0 aliphatic carbocycles. The van der Waals surface area contributed by atoms with Crippen molar-refractivity contribution in [1.29, 1.82) is 0 Å². The molecule has 416 valence electrons. The van der Waals surface area contributed by atoms with E-state index in [0.29, 0.717) is 52.9 Å². The quantitative estimate of drug-likeness (QED) is 0.0231. The molecule has 75 heavy (non-hydrogen) atoms. The molecule has 0 aliphatic rings. The van der Waals surface area contributed by atoms with E-state index in [0.717, 1.165) is 131 Å². The molecule has 0 atom stereocenters. The Morgan fingerprint density at radius 2 is 0.600 bits per heavy atom. The van der Waals surface area contributed by atoms with Crippen molar-refractivity contribution in [3.8, 4) is 17.2 Å². The molecule has 3 rings (SSSR count). The fourth-order valence-corrected chi connectivity index (χ4v) is 7.95. The summed E-state index contributed by atoms with van der Waals surface area (Å²) in [6.07, 6.45) is 33.6. The lowest BCUT2D eigenvalue weighted by molar-refractivity contribution is -0.138. The van der Waals surface area contributed by atoms with E-state index in [1.165, 1.54) is 76.0 Å². The Morgan fingerprint density at radius 1 is 0.347 bits per heavy atom. The van der Waals surface area contributed by atoms with Gasteiger partial charge in [0.25, 0.3) is 0 Å². The highest BCUT2D eigenvalue weighted by molar-refractivity contribution is 5.88. The third-order valence-electron chi connectivity index (χ3n) is 12.2. The van der Waals surface area contributed by atoms with Crippen LogP contribution in [0.1, 0.15) is 172 Å². The third-order valence-corrected chi connectivity index (χ3v) is 12.2. The monoisotopic (exact) mass is 1040 g/mol. The molecule has 0 bridgehead atoms. The van der Waals surface area contributed by atoms with E-state index in [1.807, 2.05) is 72.8 Å². The van der Waals surface area contributed by atoms with Crippen molar-refractivity contribution in [2.45, 2.75) is 162 Å². The van der Waals surface area contributed by atoms with E-state index in [1.54, 1.807) is 39.0 Å². The van der Waals surface area contributed by atoms with Crippen molar-refractivity contribution in [1.82, 2.24) is 0 Å². The van der Waals surface area contributed by atoms with Gasteiger partial charge in [-0.3, -0.25) is 0 Å². The number of carbonyl (C=O) groups is 3. The highest BCUT2D eigenvalue weighted by Gasteiger charge is 2.11. The molecule has 0 heterocycles. The van der Waals surface area contributed by atoms with Crippen LogP contribution in [0.2, 0.25) is 0 Å². The minimum atomic E-state index is -0.336. The van der Waals surface area contributed by atoms with Crippen LogP contribution in [0.5, 0.6) is 17.2 Å². The summed E-state index contributed by atoms with van der Waals surface area (Å²) in [5, 5.41) is 0. The Kier molecular flexibility index (Phi) is 38.2. The van der Waals surface area contributed by atoms with Crippen molar-refractivity contribution in [2.24, 2.45) is 0 Å². The molecule has 0 radical (unpaired) electrons. The Morgan fingerprint density at radius 3 is 0.880 bits per heavy atom. The first kappa shape index (κ1) is 63.9. The standard InChI is InChI=1S/C63H92O12/c1-4-69-61(64)43-34-54-28-37-57(38-29-54)72-48-24-18-12-7-10-16-22-46-67-52-60(75-51-27-21-15-9-14-20-26-50-74-59-41-32-56(33-42-59)36-45-63(66)71-6-3)53-68-47-23-17-11-8-13-19-25-49-73-58-39-30-55(31-40-58)35-44-62(65)70-5-2/h28-45,60H,4-27,46-53H2,1-3H3. The van der Waals surface area contributed by atoms with Gasteiger partial charge in [0.15, 0.2) is 0 Å². The first-order valence-corrected chi connectivity index (χ1v) is 28.4. The molecule has 0 aliphatic heterocycles. The largest absolute Gasteiger partial charge is 0.494 e. The van der Waals surface area contributed by atoms with E-state index in [-0.39, 0.29) is 24.0 Å². The van der Waals surface area contributed by atoms with Gasteiger partial charge in [0, 0.05) is 38.0 Å². The van der Waals surface area contributed by atoms with Crippen LogP contribution in [0, 0.1) is 0 Å². The summed E-state index contributed by atoms with van der Waals surface area (Å²) in [4.78, 5) is 34.6. The number of benzene rings is 3. The maximum atomic E-state index is 11.5. The summed E-state index contributed by atoms with van der Waals surface area (Å²) >= 11 is 0. The topological polar surface area (TPSA) is 134 Å². The Bertz CT molecular complexity index is 1860. The van der Waals surface area contributed by atoms with Crippen LogP contribution in [0.3, 0.4) is 0 Å². The van der Waals surface area contributed by atoms with E-state index < -0.39 is 0 Å². The fraction of sp³-hybridized carbons (Fsp3) is 0.571. The summed E-state index contributed by atoms with van der Waals surface area (Å²) in [7, 11) is 0. The molecular formula is C63H92O12. The van der Waals surface area contributed by atoms with Gasteiger partial charge in [-0.15, -0.1) is 0 Å². The van der Waals surface area contributed by atoms with Gasteiger partial charge in [-0.05, 0) is 131 Å². The predicted molar refractivity (Wildman–Crippen MR) is 301 cm³/mol. The van der Waals surface area contributed by atoms with Gasteiger partial charge < -0.3 is 42.6 Å². The van der Waals surface area contributed by atoms with Gasteiger partial charge in [-0.25, -0.2) is 14.4 Å². The number of hydrogen-bond donors (Lipinski definition) is 0. The highest BCUT2D eigenvalue weighted by Crippen LogP contribution is 2.18. The minimum absolute atomic E-state index is 0.0519. The highest BCUT2D eigenvalue weighted by atomic mass is 16.6. The van der Waals surface area contributed by atoms with Gasteiger partial charge in [0.2, 0.25) is 0 Å². The molecule has 0 unspecified atom stereocenters. The van der Waals surface area contributed by atoms with Crippen molar-refractivity contribution in [3.05, 3.63) is 108 Å². The fourth-order valence-electron chi connectivity index (χ4n) is 7.95. The smallest absolute Gasteiger partial charge is 0.330 e. The zero-order chi connectivity index (χ0) is 53.5. The molecule has 3 aromatic carbocycles. The van der Waals surface area contributed by atoms with Crippen molar-refractivity contribution in [2.75, 3.05) is 72.7 Å². The number of hydrogen-bond acceptors (Lipinski definition) is 12. The molecule has 0 saturated heterocycles. The molecule has 12 nitrogen and oxygen atoms in total. The zero-order valence-corrected chi connectivity index (χ0v) is 46.0. The molecule has 0 N–H and O–H groups in total. The number of ether oxygens (including phenoxy) is 9. The van der Waals surface area contributed by atoms with Gasteiger partial charge in [-0.1, -0.05) is 133 Å². The van der Waals surface area contributed by atoms with Crippen LogP contribution in [-0.2, 0) is 42.8 Å². The van der Waals surface area contributed by atoms with Crippen LogP contribution in [0.4, 0.5) is 0 Å². The normalized spacial score (nSPS) is 11.9. The van der Waals surface area contributed by atoms with Crippen LogP contribution < -0.4 is 14.2 Å². The van der Waals surface area contributed by atoms with Crippen molar-refractivity contribution >= 4 is 36.1 Å². The SMILES string of the molecule is CCOC(=O)C=Cc1ccc(OCCCCCCCCCOCC(COCCCCCCCCCOc2ccc(C=CC(=O)OCC)cc2)OCCCCCCCCCOc2ccc(C=CC(=O)OCC)cc2)cc1. The molecule has 0 spiro atoms. The molecule has 0 saturated carbocycles. The number of rotatable bonds is 47. The van der Waals surface area contributed by atoms with Gasteiger partial charge >= 0.3 is 17.9 Å². The third kappa shape index (κ3) is 35.5. The van der Waals surface area contributed by atoms with E-state index in [2.05, 4.69) is 0 Å². The summed E-state index contributed by atoms with van der Waals surface area (Å²) < 4.78 is 51.2. The summed E-state index contributed by atoms with van der Waals surface area (Å²) in [5.41, 5.74) is 2.79. The molecule has 12 heteroatoms. The number of unbranched alkanes of at least 4 members (excludes halogenated alkanes) is 18. The Hall–Kier alpha value is -5.43. The molecule has 0 aromatic heterocycles. The lowest BCUT2D eigenvalue weighted by atomic mass is 10.1. The van der Waals surface area contributed by atoms with Crippen molar-refractivity contribution < 1.29 is 57.0 Å². The van der Waals surface area contributed by atoms with E-state index in [9.17, 15) is 14.4 Å². The second kappa shape index (κ2) is 44.8. The second-order valence-electron chi connectivity index (χ2n) is 18.6. The lowest BCUT2D eigenvalue weighted by Gasteiger charge is -2.18. The maximum Gasteiger partial charge on any atom is 0.330 e. The van der Waals surface area contributed by atoms with Crippen LogP contribution >= 0.6 is 0 Å². The van der Waals surface area contributed by atoms with Crippen LogP contribution in [0.15, 0.2) is 91.0 Å². The van der Waals surface area contributed by atoms with Gasteiger partial charge in [0.1, 0.15) is 23.4 Å². The minimum Gasteiger partial charge on any atom is -0.494 e. The number of esters is 3. The van der Waals surface area contributed by atoms with Gasteiger partial charge in [-0.2, -0.15) is 0 Å².